The lowest BCUT2D eigenvalue weighted by Crippen LogP contribution is -2.16. The van der Waals surface area contributed by atoms with E-state index in [4.69, 9.17) is 16.0 Å². The third-order valence-corrected chi connectivity index (χ3v) is 5.44. The van der Waals surface area contributed by atoms with E-state index >= 15 is 0 Å². The van der Waals surface area contributed by atoms with Gasteiger partial charge in [-0.2, -0.15) is 0 Å². The average Bonchev–Trinajstić information content (AvgIpc) is 2.94. The number of carbonyl (C=O) groups is 1. The summed E-state index contributed by atoms with van der Waals surface area (Å²) in [5, 5.41) is 3.47. The number of aromatic nitrogens is 1. The van der Waals surface area contributed by atoms with Gasteiger partial charge in [-0.3, -0.25) is 4.79 Å². The zero-order valence-electron chi connectivity index (χ0n) is 13.0. The van der Waals surface area contributed by atoms with Crippen LogP contribution < -0.4 is 5.32 Å². The Bertz CT molecular complexity index is 1050. The molecule has 1 aromatic heterocycles. The van der Waals surface area contributed by atoms with Crippen molar-refractivity contribution in [2.24, 2.45) is 0 Å². The van der Waals surface area contributed by atoms with E-state index in [2.05, 4.69) is 10.3 Å². The Morgan fingerprint density at radius 3 is 2.80 bits per heavy atom. The molecule has 0 atom stereocenters. The van der Waals surface area contributed by atoms with Crippen LogP contribution in [0.4, 0.5) is 5.69 Å². The van der Waals surface area contributed by atoms with E-state index in [9.17, 15) is 13.2 Å². The largest absolute Gasteiger partial charge is 0.431 e. The molecule has 6 nitrogen and oxygen atoms in total. The van der Waals surface area contributed by atoms with Crippen LogP contribution in [0.25, 0.3) is 11.1 Å². The lowest BCUT2D eigenvalue weighted by Gasteiger charge is -2.08. The molecule has 1 heterocycles. The molecule has 0 saturated heterocycles. The van der Waals surface area contributed by atoms with Gasteiger partial charge in [-0.15, -0.1) is 0 Å². The fraction of sp³-hybridized carbons (Fsp3) is 0.125. The lowest BCUT2D eigenvalue weighted by molar-refractivity contribution is -0.113. The minimum atomic E-state index is -3.43. The van der Waals surface area contributed by atoms with Gasteiger partial charge in [-0.05, 0) is 24.3 Å². The van der Waals surface area contributed by atoms with E-state index in [1.807, 2.05) is 0 Å². The van der Waals surface area contributed by atoms with Crippen molar-refractivity contribution in [2.45, 2.75) is 10.1 Å². The van der Waals surface area contributed by atoms with Crippen molar-refractivity contribution in [2.75, 3.05) is 17.3 Å². The number of para-hydroxylation sites is 1. The molecule has 0 unspecified atom stereocenters. The Balaban J connectivity index is 1.69. The molecule has 0 saturated carbocycles. The SMILES string of the molecule is CS(=O)(=O)c1ccccc1NC(=O)CSc1nc2ccc(Cl)cc2o1. The fourth-order valence-corrected chi connectivity index (χ4v) is 3.79. The number of hydrogen-bond donors (Lipinski definition) is 1. The summed E-state index contributed by atoms with van der Waals surface area (Å²) < 4.78 is 29.0. The summed E-state index contributed by atoms with van der Waals surface area (Å²) in [5.41, 5.74) is 1.44. The molecular weight excluding hydrogens is 384 g/mol. The van der Waals surface area contributed by atoms with E-state index < -0.39 is 9.84 Å². The number of nitrogens with zero attached hydrogens (tertiary/aromatic N) is 1. The van der Waals surface area contributed by atoms with Crippen LogP contribution in [0.1, 0.15) is 0 Å². The van der Waals surface area contributed by atoms with Gasteiger partial charge in [0.2, 0.25) is 5.91 Å². The third kappa shape index (κ3) is 4.33. The summed E-state index contributed by atoms with van der Waals surface area (Å²) in [6, 6.07) is 11.3. The maximum atomic E-state index is 12.1. The predicted molar refractivity (Wildman–Crippen MR) is 97.9 cm³/mol. The van der Waals surface area contributed by atoms with Crippen LogP contribution in [0, 0.1) is 0 Å². The molecule has 0 aliphatic rings. The first-order valence-electron chi connectivity index (χ1n) is 7.11. The molecule has 2 aromatic carbocycles. The molecular formula is C16H13ClN2O4S2. The Hall–Kier alpha value is -2.03. The maximum absolute atomic E-state index is 12.1. The van der Waals surface area contributed by atoms with Crippen LogP contribution in [-0.4, -0.2) is 31.3 Å². The minimum absolute atomic E-state index is 0.0264. The van der Waals surface area contributed by atoms with Crippen LogP contribution in [-0.2, 0) is 14.6 Å². The first-order valence-corrected chi connectivity index (χ1v) is 10.4. The van der Waals surface area contributed by atoms with E-state index in [-0.39, 0.29) is 22.2 Å². The number of carbonyl (C=O) groups excluding carboxylic acids is 1. The third-order valence-electron chi connectivity index (χ3n) is 3.22. The number of hydrogen-bond acceptors (Lipinski definition) is 6. The molecule has 9 heteroatoms. The van der Waals surface area contributed by atoms with Crippen LogP contribution in [0.15, 0.2) is 57.0 Å². The molecule has 0 spiro atoms. The van der Waals surface area contributed by atoms with Gasteiger partial charge in [0.1, 0.15) is 5.52 Å². The van der Waals surface area contributed by atoms with Gasteiger partial charge in [0.25, 0.3) is 5.22 Å². The molecule has 0 bridgehead atoms. The lowest BCUT2D eigenvalue weighted by atomic mass is 10.3. The van der Waals surface area contributed by atoms with Crippen molar-refractivity contribution in [1.29, 1.82) is 0 Å². The predicted octanol–water partition coefficient (Wildman–Crippen LogP) is 3.62. The Labute approximate surface area is 153 Å². The highest BCUT2D eigenvalue weighted by Crippen LogP contribution is 2.26. The smallest absolute Gasteiger partial charge is 0.257 e. The first-order chi connectivity index (χ1) is 11.8. The summed E-state index contributed by atoms with van der Waals surface area (Å²) in [4.78, 5) is 16.4. The molecule has 0 fully saturated rings. The second-order valence-corrected chi connectivity index (χ2v) is 8.54. The number of rotatable bonds is 5. The zero-order chi connectivity index (χ0) is 18.0. The monoisotopic (exact) mass is 396 g/mol. The minimum Gasteiger partial charge on any atom is -0.431 e. The summed E-state index contributed by atoms with van der Waals surface area (Å²) >= 11 is 7.00. The molecule has 1 N–H and O–H groups in total. The molecule has 3 aromatic rings. The van der Waals surface area contributed by atoms with Crippen molar-refractivity contribution in [1.82, 2.24) is 4.98 Å². The number of amides is 1. The molecule has 0 aliphatic heterocycles. The van der Waals surface area contributed by atoms with Gasteiger partial charge in [-0.1, -0.05) is 35.5 Å². The van der Waals surface area contributed by atoms with Gasteiger partial charge in [0.15, 0.2) is 15.4 Å². The van der Waals surface area contributed by atoms with Crippen molar-refractivity contribution >= 4 is 55.9 Å². The number of benzene rings is 2. The van der Waals surface area contributed by atoms with Gasteiger partial charge in [-0.25, -0.2) is 13.4 Å². The number of fused-ring (bicyclic) bond motifs is 1. The van der Waals surface area contributed by atoms with E-state index in [0.29, 0.717) is 21.3 Å². The van der Waals surface area contributed by atoms with Crippen LogP contribution >= 0.6 is 23.4 Å². The Morgan fingerprint density at radius 1 is 1.28 bits per heavy atom. The Morgan fingerprint density at radius 2 is 2.04 bits per heavy atom. The highest BCUT2D eigenvalue weighted by Gasteiger charge is 2.15. The van der Waals surface area contributed by atoms with E-state index in [1.54, 1.807) is 36.4 Å². The highest BCUT2D eigenvalue weighted by molar-refractivity contribution is 7.99. The Kier molecular flexibility index (Phi) is 5.03. The molecule has 3 rings (SSSR count). The molecule has 0 radical (unpaired) electrons. The van der Waals surface area contributed by atoms with Crippen LogP contribution in [0.2, 0.25) is 5.02 Å². The van der Waals surface area contributed by atoms with Crippen LogP contribution in [0.5, 0.6) is 0 Å². The molecule has 1 amide bonds. The molecule has 130 valence electrons. The highest BCUT2D eigenvalue weighted by atomic mass is 35.5. The quantitative estimate of drug-likeness (QED) is 0.662. The number of sulfone groups is 1. The van der Waals surface area contributed by atoms with Gasteiger partial charge < -0.3 is 9.73 Å². The van der Waals surface area contributed by atoms with E-state index in [0.717, 1.165) is 18.0 Å². The van der Waals surface area contributed by atoms with Crippen molar-refractivity contribution in [3.05, 3.63) is 47.5 Å². The van der Waals surface area contributed by atoms with Gasteiger partial charge >= 0.3 is 0 Å². The number of anilines is 1. The summed E-state index contributed by atoms with van der Waals surface area (Å²) in [5.74, 6) is -0.333. The van der Waals surface area contributed by atoms with Crippen molar-refractivity contribution < 1.29 is 17.6 Å². The topological polar surface area (TPSA) is 89.3 Å². The fourth-order valence-electron chi connectivity index (χ4n) is 2.15. The maximum Gasteiger partial charge on any atom is 0.257 e. The molecule has 25 heavy (non-hydrogen) atoms. The number of halogens is 1. The first kappa shape index (κ1) is 17.8. The second kappa shape index (κ2) is 7.07. The normalized spacial score (nSPS) is 11.6. The number of nitrogens with one attached hydrogen (secondary N) is 1. The summed E-state index contributed by atoms with van der Waals surface area (Å²) in [6.07, 6.45) is 1.09. The standard InChI is InChI=1S/C16H13ClN2O4S2/c1-25(21,22)14-5-3-2-4-12(14)18-15(20)9-24-16-19-11-7-6-10(17)8-13(11)23-16/h2-8H,9H2,1H3,(H,18,20). The number of thioether (sulfide) groups is 1. The van der Waals surface area contributed by atoms with E-state index in [1.165, 1.54) is 6.07 Å². The van der Waals surface area contributed by atoms with Crippen molar-refractivity contribution in [3.63, 3.8) is 0 Å². The average molecular weight is 397 g/mol. The van der Waals surface area contributed by atoms with Crippen molar-refractivity contribution in [3.8, 4) is 0 Å². The number of oxazole rings is 1. The second-order valence-electron chi connectivity index (χ2n) is 5.20. The van der Waals surface area contributed by atoms with Gasteiger partial charge in [0, 0.05) is 17.3 Å². The van der Waals surface area contributed by atoms with Gasteiger partial charge in [0.05, 0.1) is 16.3 Å². The summed E-state index contributed by atoms with van der Waals surface area (Å²) in [6.45, 7) is 0. The molecule has 0 aliphatic carbocycles. The zero-order valence-corrected chi connectivity index (χ0v) is 15.4. The van der Waals surface area contributed by atoms with Crippen LogP contribution in [0.3, 0.4) is 0 Å². The summed E-state index contributed by atoms with van der Waals surface area (Å²) in [7, 11) is -3.43.